The number of rotatable bonds is 3. The zero-order valence-electron chi connectivity index (χ0n) is 11.7. The van der Waals surface area contributed by atoms with Gasteiger partial charge < -0.3 is 15.6 Å². The minimum absolute atomic E-state index is 0.304. The van der Waals surface area contributed by atoms with Gasteiger partial charge in [0.05, 0.1) is 5.69 Å². The molecule has 1 aliphatic heterocycles. The fourth-order valence-electron chi connectivity index (χ4n) is 2.18. The molecule has 0 saturated carbocycles. The number of carbonyl (C=O) groups is 2. The molecule has 0 aliphatic carbocycles. The molecule has 1 unspecified atom stereocenters. The van der Waals surface area contributed by atoms with Gasteiger partial charge in [0.1, 0.15) is 11.3 Å². The molecule has 0 bridgehead atoms. The number of anilines is 1. The molecule has 0 aromatic heterocycles. The summed E-state index contributed by atoms with van der Waals surface area (Å²) in [6, 6.07) is 5.21. The van der Waals surface area contributed by atoms with Crippen molar-refractivity contribution in [2.45, 2.75) is 39.0 Å². The zero-order valence-corrected chi connectivity index (χ0v) is 11.7. The van der Waals surface area contributed by atoms with Crippen molar-refractivity contribution < 1.29 is 19.4 Å². The highest BCUT2D eigenvalue weighted by Crippen LogP contribution is 2.39. The van der Waals surface area contributed by atoms with E-state index in [1.165, 1.54) is 18.7 Å². The Balaban J connectivity index is 2.61. The normalized spacial score (nSPS) is 18.5. The molecule has 0 radical (unpaired) electrons. The number of carbonyl (C=O) groups excluding carboxylic acids is 1. The van der Waals surface area contributed by atoms with Crippen LogP contribution < -0.4 is 15.4 Å². The van der Waals surface area contributed by atoms with Crippen molar-refractivity contribution in [2.24, 2.45) is 5.73 Å². The van der Waals surface area contributed by atoms with E-state index in [1.807, 2.05) is 0 Å². The predicted octanol–water partition coefficient (Wildman–Crippen LogP) is 1.12. The average Bonchev–Trinajstić information content (AvgIpc) is 2.39. The molecule has 108 valence electrons. The zero-order chi connectivity index (χ0) is 15.1. The van der Waals surface area contributed by atoms with E-state index in [0.29, 0.717) is 18.0 Å². The van der Waals surface area contributed by atoms with Crippen LogP contribution in [0.2, 0.25) is 0 Å². The van der Waals surface area contributed by atoms with E-state index in [1.54, 1.807) is 25.1 Å². The second-order valence-corrected chi connectivity index (χ2v) is 5.30. The van der Waals surface area contributed by atoms with Gasteiger partial charge in [0.25, 0.3) is 5.91 Å². The Kier molecular flexibility index (Phi) is 3.43. The van der Waals surface area contributed by atoms with E-state index in [9.17, 15) is 14.7 Å². The predicted molar refractivity (Wildman–Crippen MR) is 73.6 cm³/mol. The Morgan fingerprint density at radius 2 is 2.15 bits per heavy atom. The Labute approximate surface area is 117 Å². The number of nitrogens with zero attached hydrogens (tertiary/aromatic N) is 1. The minimum atomic E-state index is -1.36. The Morgan fingerprint density at radius 3 is 2.70 bits per heavy atom. The fourth-order valence-corrected chi connectivity index (χ4v) is 2.18. The number of aliphatic carboxylic acids is 1. The minimum Gasteiger partial charge on any atom is -0.480 e. The summed E-state index contributed by atoms with van der Waals surface area (Å²) in [7, 11) is 0. The highest BCUT2D eigenvalue weighted by molar-refractivity contribution is 6.05. The van der Waals surface area contributed by atoms with Crippen LogP contribution in [0.5, 0.6) is 5.75 Å². The van der Waals surface area contributed by atoms with Gasteiger partial charge in [0, 0.05) is 6.54 Å². The summed E-state index contributed by atoms with van der Waals surface area (Å²) >= 11 is 0. The summed E-state index contributed by atoms with van der Waals surface area (Å²) in [5.41, 5.74) is 5.49. The number of carboxylic acids is 1. The van der Waals surface area contributed by atoms with Crippen molar-refractivity contribution in [1.82, 2.24) is 0 Å². The second kappa shape index (κ2) is 4.79. The van der Waals surface area contributed by atoms with Crippen LogP contribution in [-0.2, 0) is 16.1 Å². The van der Waals surface area contributed by atoms with Crippen molar-refractivity contribution in [2.75, 3.05) is 4.90 Å². The SMILES string of the molecule is CC1Oc2ccc(CN)cc2N(C(C)(C)C(=O)O)C1=O. The third-order valence-electron chi connectivity index (χ3n) is 3.45. The molecule has 1 aromatic carbocycles. The van der Waals surface area contributed by atoms with Crippen molar-refractivity contribution in [1.29, 1.82) is 0 Å². The molecule has 6 heteroatoms. The lowest BCUT2D eigenvalue weighted by atomic mass is 9.98. The number of ether oxygens (including phenoxy) is 1. The molecule has 0 saturated heterocycles. The summed E-state index contributed by atoms with van der Waals surface area (Å²) in [6.45, 7) is 4.89. The molecular weight excluding hydrogens is 260 g/mol. The van der Waals surface area contributed by atoms with Crippen LogP contribution in [0.3, 0.4) is 0 Å². The summed E-state index contributed by atoms with van der Waals surface area (Å²) in [5.74, 6) is -0.966. The molecule has 20 heavy (non-hydrogen) atoms. The number of hydrogen-bond acceptors (Lipinski definition) is 4. The van der Waals surface area contributed by atoms with Gasteiger partial charge in [0.2, 0.25) is 0 Å². The van der Waals surface area contributed by atoms with Crippen molar-refractivity contribution >= 4 is 17.6 Å². The molecule has 1 aromatic rings. The van der Waals surface area contributed by atoms with Gasteiger partial charge >= 0.3 is 5.97 Å². The smallest absolute Gasteiger partial charge is 0.329 e. The number of fused-ring (bicyclic) bond motifs is 1. The van der Waals surface area contributed by atoms with Crippen LogP contribution in [0.1, 0.15) is 26.3 Å². The van der Waals surface area contributed by atoms with Crippen LogP contribution >= 0.6 is 0 Å². The summed E-state index contributed by atoms with van der Waals surface area (Å²) < 4.78 is 5.52. The van der Waals surface area contributed by atoms with Gasteiger partial charge in [-0.25, -0.2) is 4.79 Å². The molecule has 0 fully saturated rings. The van der Waals surface area contributed by atoms with E-state index < -0.39 is 17.6 Å². The van der Waals surface area contributed by atoms with Gasteiger partial charge in [-0.05, 0) is 38.5 Å². The van der Waals surface area contributed by atoms with Crippen molar-refractivity contribution in [3.63, 3.8) is 0 Å². The number of carboxylic acid groups (broad SMARTS) is 1. The molecule has 3 N–H and O–H groups in total. The first-order chi connectivity index (χ1) is 9.28. The first-order valence-electron chi connectivity index (χ1n) is 6.36. The molecule has 2 rings (SSSR count). The summed E-state index contributed by atoms with van der Waals surface area (Å²) in [5, 5.41) is 9.39. The van der Waals surface area contributed by atoms with Gasteiger partial charge in [-0.3, -0.25) is 9.69 Å². The third kappa shape index (κ3) is 2.12. The molecule has 1 heterocycles. The lowest BCUT2D eigenvalue weighted by Crippen LogP contribution is -2.58. The fraction of sp³-hybridized carbons (Fsp3) is 0.429. The number of amides is 1. The highest BCUT2D eigenvalue weighted by atomic mass is 16.5. The van der Waals surface area contributed by atoms with Crippen molar-refractivity contribution in [3.8, 4) is 5.75 Å². The lowest BCUT2D eigenvalue weighted by Gasteiger charge is -2.41. The van der Waals surface area contributed by atoms with Crippen LogP contribution in [0.25, 0.3) is 0 Å². The second-order valence-electron chi connectivity index (χ2n) is 5.30. The summed E-state index contributed by atoms with van der Waals surface area (Å²) in [4.78, 5) is 25.1. The van der Waals surface area contributed by atoms with Crippen LogP contribution in [0, 0.1) is 0 Å². The van der Waals surface area contributed by atoms with Crippen molar-refractivity contribution in [3.05, 3.63) is 23.8 Å². The van der Waals surface area contributed by atoms with Gasteiger partial charge in [-0.15, -0.1) is 0 Å². The van der Waals surface area contributed by atoms with Gasteiger partial charge in [0.15, 0.2) is 6.10 Å². The molecule has 1 atom stereocenters. The average molecular weight is 278 g/mol. The Morgan fingerprint density at radius 1 is 1.50 bits per heavy atom. The largest absolute Gasteiger partial charge is 0.480 e. The van der Waals surface area contributed by atoms with E-state index in [0.717, 1.165) is 5.56 Å². The molecule has 6 nitrogen and oxygen atoms in total. The third-order valence-corrected chi connectivity index (χ3v) is 3.45. The van der Waals surface area contributed by atoms with Gasteiger partial charge in [-0.2, -0.15) is 0 Å². The highest BCUT2D eigenvalue weighted by Gasteiger charge is 2.44. The van der Waals surface area contributed by atoms with E-state index >= 15 is 0 Å². The molecule has 1 amide bonds. The van der Waals surface area contributed by atoms with E-state index in [-0.39, 0.29) is 5.91 Å². The lowest BCUT2D eigenvalue weighted by molar-refractivity contribution is -0.145. The molecule has 1 aliphatic rings. The topological polar surface area (TPSA) is 92.9 Å². The standard InChI is InChI=1S/C14H18N2O4/c1-8-12(17)16(14(2,3)13(18)19)10-6-9(7-15)4-5-11(10)20-8/h4-6,8H,7,15H2,1-3H3,(H,18,19). The molecule has 0 spiro atoms. The maximum absolute atomic E-state index is 12.3. The van der Waals surface area contributed by atoms with E-state index in [2.05, 4.69) is 0 Å². The van der Waals surface area contributed by atoms with Crippen LogP contribution in [0.15, 0.2) is 18.2 Å². The Bertz CT molecular complexity index is 568. The Hall–Kier alpha value is -2.08. The number of benzene rings is 1. The number of nitrogens with two attached hydrogens (primary N) is 1. The first kappa shape index (κ1) is 14.3. The molecular formula is C14H18N2O4. The summed E-state index contributed by atoms with van der Waals surface area (Å²) in [6.07, 6.45) is -0.718. The monoisotopic (exact) mass is 278 g/mol. The van der Waals surface area contributed by atoms with Gasteiger partial charge in [-0.1, -0.05) is 6.07 Å². The quantitative estimate of drug-likeness (QED) is 0.864. The maximum atomic E-state index is 12.3. The van der Waals surface area contributed by atoms with Crippen LogP contribution in [-0.4, -0.2) is 28.6 Å². The van der Waals surface area contributed by atoms with Crippen LogP contribution in [0.4, 0.5) is 5.69 Å². The van der Waals surface area contributed by atoms with E-state index in [4.69, 9.17) is 10.5 Å². The number of hydrogen-bond donors (Lipinski definition) is 2. The first-order valence-corrected chi connectivity index (χ1v) is 6.36. The maximum Gasteiger partial charge on any atom is 0.329 e.